The van der Waals surface area contributed by atoms with E-state index < -0.39 is 13.1 Å². The molecule has 27 heavy (non-hydrogen) atoms. The summed E-state index contributed by atoms with van der Waals surface area (Å²) in [7, 11) is -1.00. The van der Waals surface area contributed by atoms with Crippen LogP contribution in [-0.2, 0) is 4.79 Å². The number of benzene rings is 2. The van der Waals surface area contributed by atoms with Crippen molar-refractivity contribution in [3.05, 3.63) is 41.5 Å². The Balaban J connectivity index is 0.000000458. The number of esters is 1. The predicted molar refractivity (Wildman–Crippen MR) is 121 cm³/mol. The molecule has 0 aliphatic heterocycles. The molecule has 0 unspecified atom stereocenters. The Labute approximate surface area is 195 Å². The maximum Gasteiger partial charge on any atom is 0.308 e. The van der Waals surface area contributed by atoms with Gasteiger partial charge in [0.05, 0.1) is 15.1 Å². The zero-order valence-corrected chi connectivity index (χ0v) is 20.1. The normalized spacial score (nSPS) is 9.81. The highest BCUT2D eigenvalue weighted by molar-refractivity contribution is 14.1. The van der Waals surface area contributed by atoms with Gasteiger partial charge >= 0.3 is 5.97 Å². The molecule has 2 aromatic rings. The number of rotatable bonds is 3. The Morgan fingerprint density at radius 1 is 1.11 bits per heavy atom. The highest BCUT2D eigenvalue weighted by atomic mass is 127. The molecule has 0 heterocycles. The molecule has 2 N–H and O–H groups in total. The van der Waals surface area contributed by atoms with Crippen molar-refractivity contribution < 1.29 is 30.2 Å². The third kappa shape index (κ3) is 9.35. The molecular formula is C17H17Cl2FI2O5. The molecule has 0 saturated carbocycles. The van der Waals surface area contributed by atoms with Crippen LogP contribution < -0.4 is 9.47 Å². The van der Waals surface area contributed by atoms with Crippen LogP contribution in [0.15, 0.2) is 24.3 Å². The van der Waals surface area contributed by atoms with Crippen molar-refractivity contribution in [2.45, 2.75) is 13.8 Å². The Hall–Kier alpha value is -0.720. The van der Waals surface area contributed by atoms with Crippen LogP contribution in [0.5, 0.6) is 23.0 Å². The number of alkyl halides is 1. The molecule has 2 aromatic carbocycles. The van der Waals surface area contributed by atoms with Gasteiger partial charge in [0.1, 0.15) is 27.3 Å². The molecular weight excluding hydrogens is 628 g/mol. The molecule has 0 amide bonds. The van der Waals surface area contributed by atoms with Crippen LogP contribution >= 0.6 is 68.4 Å². The minimum Gasteiger partial charge on any atom is -0.506 e. The lowest BCUT2D eigenvalue weighted by Crippen LogP contribution is -2.02. The van der Waals surface area contributed by atoms with Crippen LogP contribution in [0.1, 0.15) is 15.2 Å². The number of ether oxygens (including phenoxy) is 2. The van der Waals surface area contributed by atoms with Crippen molar-refractivity contribution in [3.63, 3.8) is 0 Å². The zero-order chi connectivity index (χ0) is 21.9. The highest BCUT2D eigenvalue weighted by Crippen LogP contribution is 2.35. The second kappa shape index (κ2) is 13.5. The molecule has 0 aliphatic rings. The fraction of sp³-hybridized carbons (Fsp3) is 0.235. The summed E-state index contributed by atoms with van der Waals surface area (Å²) in [4.78, 5) is 10.6. The summed E-state index contributed by atoms with van der Waals surface area (Å²) in [6, 6.07) is 6.43. The van der Waals surface area contributed by atoms with Crippen molar-refractivity contribution in [2.24, 2.45) is 0 Å². The summed E-state index contributed by atoms with van der Waals surface area (Å²) >= 11 is 15.5. The van der Waals surface area contributed by atoms with Gasteiger partial charge in [0, 0.05) is 14.1 Å². The lowest BCUT2D eigenvalue weighted by atomic mass is 10.3. The van der Waals surface area contributed by atoms with Crippen molar-refractivity contribution in [1.82, 2.24) is 0 Å². The Bertz CT molecular complexity index is 797. The van der Waals surface area contributed by atoms with E-state index >= 15 is 0 Å². The highest BCUT2D eigenvalue weighted by Gasteiger charge is 2.10. The molecule has 5 nitrogen and oxygen atoms in total. The molecule has 0 spiro atoms. The number of phenolic OH excluding ortho intramolecular Hbond substituents is 2. The quantitative estimate of drug-likeness (QED) is 0.236. The van der Waals surface area contributed by atoms with E-state index in [-0.39, 0.29) is 27.3 Å². The minimum absolute atomic E-state index is 0.0515. The molecule has 150 valence electrons. The van der Waals surface area contributed by atoms with Crippen LogP contribution in [-0.4, -0.2) is 29.9 Å². The smallest absolute Gasteiger partial charge is 0.308 e. The average Bonchev–Trinajstić information content (AvgIpc) is 2.58. The first kappa shape index (κ1) is 24.3. The number of phenols is 2. The summed E-state index contributed by atoms with van der Waals surface area (Å²) in [5.41, 5.74) is 0. The molecule has 0 bridgehead atoms. The Morgan fingerprint density at radius 3 is 1.93 bits per heavy atom. The van der Waals surface area contributed by atoms with Gasteiger partial charge in [-0.25, -0.2) is 0 Å². The van der Waals surface area contributed by atoms with Crippen molar-refractivity contribution in [3.8, 4) is 23.0 Å². The summed E-state index contributed by atoms with van der Waals surface area (Å²) < 4.78 is 27.1. The second-order valence-electron chi connectivity index (χ2n) is 4.50. The molecule has 0 radical (unpaired) electrons. The summed E-state index contributed by atoms with van der Waals surface area (Å²) in [6.45, 7) is 3.68. The van der Waals surface area contributed by atoms with Crippen LogP contribution in [0.2, 0.25) is 10.0 Å². The number of halogens is 5. The zero-order valence-electron chi connectivity index (χ0n) is 15.2. The molecule has 0 fully saturated rings. The molecule has 10 heteroatoms. The Morgan fingerprint density at radius 2 is 1.52 bits per heavy atom. The first-order chi connectivity index (χ1) is 13.1. The number of carbonyl (C=O) groups is 1. The largest absolute Gasteiger partial charge is 0.506 e. The van der Waals surface area contributed by atoms with Gasteiger partial charge in [-0.15, -0.1) is 0 Å². The van der Waals surface area contributed by atoms with Gasteiger partial charge in [-0.3, -0.25) is 9.18 Å². The van der Waals surface area contributed by atoms with Crippen molar-refractivity contribution in [1.29, 1.82) is 0 Å². The standard InChI is InChI=1S/C8H6ClIO3.C8H8ClIO2.CH3F/c1-4(11)13-7-3-5(10)2-6(12)8(7)9;1-2-12-7-4-5(10)3-6(11)8(7)9;1-2/h2-3,12H,1H3;3-4,11H,2H2,1H3;1H3/i;;1D. The summed E-state index contributed by atoms with van der Waals surface area (Å²) in [5, 5.41) is 18.9. The summed E-state index contributed by atoms with van der Waals surface area (Å²) in [6.07, 6.45) is 0. The Kier molecular flexibility index (Phi) is 12.1. The second-order valence-corrected chi connectivity index (χ2v) is 7.75. The van der Waals surface area contributed by atoms with E-state index in [1.807, 2.05) is 29.5 Å². The van der Waals surface area contributed by atoms with Gasteiger partial charge in [0.2, 0.25) is 0 Å². The van der Waals surface area contributed by atoms with Crippen LogP contribution in [0, 0.1) is 7.14 Å². The summed E-state index contributed by atoms with van der Waals surface area (Å²) in [5.74, 6) is 0.210. The van der Waals surface area contributed by atoms with E-state index in [1.165, 1.54) is 13.0 Å². The third-order valence-corrected chi connectivity index (χ3v) is 4.53. The van der Waals surface area contributed by atoms with Crippen LogP contribution in [0.25, 0.3) is 0 Å². The third-order valence-electron chi connectivity index (χ3n) is 2.52. The van der Waals surface area contributed by atoms with E-state index in [1.54, 1.807) is 18.2 Å². The van der Waals surface area contributed by atoms with Gasteiger partial charge in [-0.05, 0) is 76.4 Å². The van der Waals surface area contributed by atoms with Crippen molar-refractivity contribution in [2.75, 3.05) is 13.8 Å². The fourth-order valence-electron chi connectivity index (χ4n) is 1.59. The number of hydrogen-bond donors (Lipinski definition) is 2. The maximum absolute atomic E-state index is 10.6. The van der Waals surface area contributed by atoms with Gasteiger partial charge in [-0.1, -0.05) is 23.2 Å². The lowest BCUT2D eigenvalue weighted by molar-refractivity contribution is -0.131. The minimum atomic E-state index is -1.00. The monoisotopic (exact) mass is 645 g/mol. The molecule has 2 rings (SSSR count). The predicted octanol–water partition coefficient (Wildman–Crippen LogP) is 6.21. The first-order valence-corrected chi connectivity index (χ1v) is 10.0. The number of carbonyl (C=O) groups excluding carboxylic acids is 1. The first-order valence-electron chi connectivity index (χ1n) is 7.80. The van der Waals surface area contributed by atoms with E-state index in [4.69, 9.17) is 34.0 Å². The van der Waals surface area contributed by atoms with E-state index in [0.717, 1.165) is 7.14 Å². The van der Waals surface area contributed by atoms with E-state index in [2.05, 4.69) is 22.6 Å². The van der Waals surface area contributed by atoms with Gasteiger partial charge in [0.25, 0.3) is 0 Å². The molecule has 0 saturated heterocycles. The topological polar surface area (TPSA) is 76.0 Å². The SMILES string of the molecule is CC(=O)Oc1cc(I)cc(O)c1Cl.CCOc1cc(I)cc(O)c1Cl.[2H]CF. The molecule has 0 atom stereocenters. The average molecular weight is 646 g/mol. The van der Waals surface area contributed by atoms with E-state index in [0.29, 0.717) is 12.4 Å². The number of aromatic hydroxyl groups is 2. The van der Waals surface area contributed by atoms with Crippen LogP contribution in [0.4, 0.5) is 4.39 Å². The maximum atomic E-state index is 10.6. The van der Waals surface area contributed by atoms with Gasteiger partial charge in [0.15, 0.2) is 5.75 Å². The van der Waals surface area contributed by atoms with Crippen molar-refractivity contribution >= 4 is 74.4 Å². The van der Waals surface area contributed by atoms with Crippen LogP contribution in [0.3, 0.4) is 0 Å². The van der Waals surface area contributed by atoms with E-state index in [9.17, 15) is 19.4 Å². The molecule has 0 aromatic heterocycles. The lowest BCUT2D eigenvalue weighted by Gasteiger charge is -2.06. The van der Waals surface area contributed by atoms with Gasteiger partial charge in [-0.2, -0.15) is 0 Å². The van der Waals surface area contributed by atoms with Gasteiger partial charge < -0.3 is 19.7 Å². The molecule has 0 aliphatic carbocycles. The fourth-order valence-corrected chi connectivity index (χ4v) is 3.06. The number of hydrogen-bond acceptors (Lipinski definition) is 5.